The lowest BCUT2D eigenvalue weighted by Crippen LogP contribution is -2.29. The van der Waals surface area contributed by atoms with E-state index in [2.05, 4.69) is 176 Å². The summed E-state index contributed by atoms with van der Waals surface area (Å²) in [5, 5.41) is 4.58. The predicted octanol–water partition coefficient (Wildman–Crippen LogP) is 12.6. The molecule has 0 atom stereocenters. The molecule has 0 saturated heterocycles. The lowest BCUT2D eigenvalue weighted by molar-refractivity contribution is 0.774. The van der Waals surface area contributed by atoms with Crippen molar-refractivity contribution in [2.45, 2.75) is 5.41 Å². The van der Waals surface area contributed by atoms with Crippen molar-refractivity contribution in [3.05, 3.63) is 229 Å². The highest BCUT2D eigenvalue weighted by Gasteiger charge is 2.48. The molecule has 57 heavy (non-hydrogen) atoms. The van der Waals surface area contributed by atoms with Crippen molar-refractivity contribution in [2.24, 2.45) is 0 Å². The fourth-order valence-corrected chi connectivity index (χ4v) is 8.84. The minimum atomic E-state index is -0.556. The van der Waals surface area contributed by atoms with Crippen LogP contribution in [0.2, 0.25) is 0 Å². The molecule has 1 aliphatic carbocycles. The molecule has 0 amide bonds. The summed E-state index contributed by atoms with van der Waals surface area (Å²) in [6, 6.07) is 72.7. The van der Waals surface area contributed by atoms with Gasteiger partial charge in [-0.3, -0.25) is 0 Å². The van der Waals surface area contributed by atoms with Crippen molar-refractivity contribution >= 4 is 21.5 Å². The number of hydrogen-bond acceptors (Lipinski definition) is 4. The van der Waals surface area contributed by atoms with Gasteiger partial charge in [-0.1, -0.05) is 194 Å². The Morgan fingerprint density at radius 2 is 0.842 bits per heavy atom. The standard InChI is InChI=1S/C53H34N4/c1-4-18-36(19-5-1)50-55-51(57-52(56-50)40-32-31-35-17-10-11-20-37(35)33-40)39-22-16-21-38(34-39)48-44-28-13-12-27-43(44)47-49(54-48)45-29-14-15-30-46(45)53(47,41-23-6-2-7-24-41)42-25-8-3-9-26-42/h1-34H. The van der Waals surface area contributed by atoms with Gasteiger partial charge in [-0.05, 0) is 45.0 Å². The van der Waals surface area contributed by atoms with E-state index in [1.807, 2.05) is 30.3 Å². The Balaban J connectivity index is 1.13. The number of aromatic nitrogens is 4. The Kier molecular flexibility index (Phi) is 7.68. The number of nitrogens with zero attached hydrogens (tertiary/aromatic N) is 4. The quantitative estimate of drug-likeness (QED) is 0.171. The van der Waals surface area contributed by atoms with Gasteiger partial charge in [0.25, 0.3) is 0 Å². The van der Waals surface area contributed by atoms with Crippen molar-refractivity contribution in [1.82, 2.24) is 19.9 Å². The summed E-state index contributed by atoms with van der Waals surface area (Å²) in [7, 11) is 0. The summed E-state index contributed by atoms with van der Waals surface area (Å²) in [4.78, 5) is 20.9. The zero-order valence-electron chi connectivity index (χ0n) is 30.9. The van der Waals surface area contributed by atoms with Crippen molar-refractivity contribution in [2.75, 3.05) is 0 Å². The van der Waals surface area contributed by atoms with Crippen molar-refractivity contribution in [1.29, 1.82) is 0 Å². The van der Waals surface area contributed by atoms with Crippen molar-refractivity contribution in [3.8, 4) is 56.7 Å². The fourth-order valence-electron chi connectivity index (χ4n) is 8.84. The zero-order valence-corrected chi connectivity index (χ0v) is 30.9. The fraction of sp³-hybridized carbons (Fsp3) is 0.0189. The SMILES string of the molecule is c1ccc(-c2nc(-c3cccc(-c4nc5c(c6ccccc46)C(c4ccccc4)(c4ccccc4)c4ccccc4-5)c3)nc(-c3ccc4ccccc4c3)n2)cc1. The van der Waals surface area contributed by atoms with Gasteiger partial charge in [-0.25, -0.2) is 19.9 Å². The highest BCUT2D eigenvalue weighted by atomic mass is 15.0. The van der Waals surface area contributed by atoms with E-state index in [9.17, 15) is 0 Å². The normalized spacial score (nSPS) is 12.7. The van der Waals surface area contributed by atoms with E-state index in [4.69, 9.17) is 19.9 Å². The van der Waals surface area contributed by atoms with Gasteiger partial charge in [0.15, 0.2) is 17.5 Å². The maximum atomic E-state index is 5.68. The summed E-state index contributed by atoms with van der Waals surface area (Å²) >= 11 is 0. The number of pyridine rings is 1. The van der Waals surface area contributed by atoms with Gasteiger partial charge in [0, 0.05) is 38.8 Å². The third-order valence-electron chi connectivity index (χ3n) is 11.4. The molecule has 0 N–H and O–H groups in total. The molecule has 11 rings (SSSR count). The van der Waals surface area contributed by atoms with Crippen LogP contribution in [0, 0.1) is 0 Å². The van der Waals surface area contributed by atoms with Gasteiger partial charge < -0.3 is 0 Å². The molecule has 0 bridgehead atoms. The molecule has 0 aliphatic heterocycles. The maximum absolute atomic E-state index is 5.68. The summed E-state index contributed by atoms with van der Waals surface area (Å²) in [6.07, 6.45) is 0. The minimum Gasteiger partial charge on any atom is -0.247 e. The molecule has 0 saturated carbocycles. The second-order valence-corrected chi connectivity index (χ2v) is 14.6. The molecule has 0 radical (unpaired) electrons. The molecule has 2 heterocycles. The van der Waals surface area contributed by atoms with Gasteiger partial charge in [-0.15, -0.1) is 0 Å². The molecule has 10 aromatic rings. The Hall–Kier alpha value is -7.56. The van der Waals surface area contributed by atoms with Crippen molar-refractivity contribution in [3.63, 3.8) is 0 Å². The molecule has 0 spiro atoms. The molecule has 0 fully saturated rings. The number of fused-ring (bicyclic) bond motifs is 6. The van der Waals surface area contributed by atoms with Crippen molar-refractivity contribution < 1.29 is 0 Å². The van der Waals surface area contributed by atoms with Crippen LogP contribution in [0.5, 0.6) is 0 Å². The Labute approximate surface area is 330 Å². The number of benzene rings is 8. The average molecular weight is 727 g/mol. The van der Waals surface area contributed by atoms with Crippen LogP contribution in [0.25, 0.3) is 78.2 Å². The average Bonchev–Trinajstić information content (AvgIpc) is 3.60. The molecule has 4 nitrogen and oxygen atoms in total. The predicted molar refractivity (Wildman–Crippen MR) is 232 cm³/mol. The monoisotopic (exact) mass is 726 g/mol. The van der Waals surface area contributed by atoms with Gasteiger partial charge in [0.2, 0.25) is 0 Å². The third kappa shape index (κ3) is 5.30. The second-order valence-electron chi connectivity index (χ2n) is 14.6. The van der Waals surface area contributed by atoms with Crippen LogP contribution in [0.3, 0.4) is 0 Å². The van der Waals surface area contributed by atoms with Gasteiger partial charge in [0.05, 0.1) is 16.8 Å². The van der Waals surface area contributed by atoms with Gasteiger partial charge in [-0.2, -0.15) is 0 Å². The lowest BCUT2D eigenvalue weighted by atomic mass is 9.67. The van der Waals surface area contributed by atoms with Crippen LogP contribution >= 0.6 is 0 Å². The van der Waals surface area contributed by atoms with Crippen LogP contribution in [-0.2, 0) is 5.41 Å². The first-order chi connectivity index (χ1) is 28.3. The smallest absolute Gasteiger partial charge is 0.164 e. The summed E-state index contributed by atoms with van der Waals surface area (Å²) in [6.45, 7) is 0. The molecule has 8 aromatic carbocycles. The Morgan fingerprint density at radius 3 is 1.56 bits per heavy atom. The van der Waals surface area contributed by atoms with E-state index in [0.717, 1.165) is 50.0 Å². The molecular weight excluding hydrogens is 693 g/mol. The third-order valence-corrected chi connectivity index (χ3v) is 11.4. The van der Waals surface area contributed by atoms with Gasteiger partial charge in [0.1, 0.15) is 0 Å². The Morgan fingerprint density at radius 1 is 0.316 bits per heavy atom. The van der Waals surface area contributed by atoms with Crippen LogP contribution in [0.1, 0.15) is 22.3 Å². The summed E-state index contributed by atoms with van der Waals surface area (Å²) < 4.78 is 0. The van der Waals surface area contributed by atoms with E-state index in [-0.39, 0.29) is 0 Å². The number of rotatable bonds is 6. The largest absolute Gasteiger partial charge is 0.247 e. The summed E-state index contributed by atoms with van der Waals surface area (Å²) in [5.41, 5.74) is 11.2. The minimum absolute atomic E-state index is 0.556. The Bertz CT molecular complexity index is 3080. The molecular formula is C53H34N4. The molecule has 1 aliphatic rings. The highest BCUT2D eigenvalue weighted by molar-refractivity contribution is 6.04. The highest BCUT2D eigenvalue weighted by Crippen LogP contribution is 2.58. The second kappa shape index (κ2) is 13.3. The zero-order chi connectivity index (χ0) is 37.8. The maximum Gasteiger partial charge on any atom is 0.164 e. The van der Waals surface area contributed by atoms with Crippen LogP contribution in [0.4, 0.5) is 0 Å². The van der Waals surface area contributed by atoms with E-state index in [0.29, 0.717) is 17.5 Å². The van der Waals surface area contributed by atoms with E-state index >= 15 is 0 Å². The van der Waals surface area contributed by atoms with Gasteiger partial charge >= 0.3 is 0 Å². The topological polar surface area (TPSA) is 51.6 Å². The molecule has 4 heteroatoms. The lowest BCUT2D eigenvalue weighted by Gasteiger charge is -2.34. The first-order valence-corrected chi connectivity index (χ1v) is 19.3. The number of hydrogen-bond donors (Lipinski definition) is 0. The van der Waals surface area contributed by atoms with Crippen LogP contribution in [0.15, 0.2) is 206 Å². The van der Waals surface area contributed by atoms with E-state index in [1.165, 1.54) is 33.0 Å². The first kappa shape index (κ1) is 32.8. The molecule has 2 aromatic heterocycles. The van der Waals surface area contributed by atoms with Crippen LogP contribution < -0.4 is 0 Å². The van der Waals surface area contributed by atoms with E-state index in [1.54, 1.807) is 0 Å². The molecule has 266 valence electrons. The molecule has 0 unspecified atom stereocenters. The van der Waals surface area contributed by atoms with E-state index < -0.39 is 5.41 Å². The summed E-state index contributed by atoms with van der Waals surface area (Å²) in [5.74, 6) is 1.87. The first-order valence-electron chi connectivity index (χ1n) is 19.3. The van der Waals surface area contributed by atoms with Crippen LogP contribution in [-0.4, -0.2) is 19.9 Å².